The van der Waals surface area contributed by atoms with Crippen molar-refractivity contribution in [3.63, 3.8) is 0 Å². The number of carbonyl (C=O) groups is 2. The van der Waals surface area contributed by atoms with E-state index >= 15 is 0 Å². The van der Waals surface area contributed by atoms with Crippen LogP contribution in [0, 0.1) is 19.8 Å². The van der Waals surface area contributed by atoms with Crippen LogP contribution in [0.1, 0.15) is 41.5 Å². The van der Waals surface area contributed by atoms with Gasteiger partial charge in [-0.15, -0.1) is 0 Å². The Balaban J connectivity index is 2.37. The highest BCUT2D eigenvalue weighted by atomic mass is 16.4. The van der Waals surface area contributed by atoms with Crippen LogP contribution in [0.2, 0.25) is 0 Å². The lowest BCUT2D eigenvalue weighted by atomic mass is 10.1. The van der Waals surface area contributed by atoms with E-state index in [1.807, 2.05) is 0 Å². The number of aromatic nitrogens is 2. The van der Waals surface area contributed by atoms with Crippen LogP contribution in [0.15, 0.2) is 0 Å². The van der Waals surface area contributed by atoms with Crippen molar-refractivity contribution in [1.29, 1.82) is 0 Å². The van der Waals surface area contributed by atoms with E-state index in [2.05, 4.69) is 15.5 Å². The number of H-pyrrole nitrogens is 1. The Morgan fingerprint density at radius 2 is 2.11 bits per heavy atom. The van der Waals surface area contributed by atoms with Crippen LogP contribution in [-0.4, -0.2) is 33.7 Å². The zero-order valence-electron chi connectivity index (χ0n) is 10.9. The third-order valence-electron chi connectivity index (χ3n) is 2.88. The number of nitrogens with one attached hydrogen (secondary N) is 2. The molecule has 1 atom stereocenters. The molecular weight excluding hydrogens is 234 g/mol. The number of carboxylic acids is 1. The van der Waals surface area contributed by atoms with E-state index in [4.69, 9.17) is 5.11 Å². The number of rotatable bonds is 6. The average molecular weight is 253 g/mol. The molecule has 1 aromatic rings. The predicted molar refractivity (Wildman–Crippen MR) is 66.4 cm³/mol. The van der Waals surface area contributed by atoms with Gasteiger partial charge in [0.25, 0.3) is 5.91 Å². The second-order valence-corrected chi connectivity index (χ2v) is 4.45. The molecule has 100 valence electrons. The summed E-state index contributed by atoms with van der Waals surface area (Å²) in [6.07, 6.45) is 1.20. The summed E-state index contributed by atoms with van der Waals surface area (Å²) in [4.78, 5) is 22.4. The first-order chi connectivity index (χ1) is 8.43. The summed E-state index contributed by atoms with van der Waals surface area (Å²) in [6, 6.07) is 0. The van der Waals surface area contributed by atoms with E-state index < -0.39 is 5.97 Å². The first kappa shape index (κ1) is 14.2. The Labute approximate surface area is 106 Å². The molecule has 3 N–H and O–H groups in total. The Morgan fingerprint density at radius 1 is 1.44 bits per heavy atom. The number of nitrogens with zero attached hydrogens (tertiary/aromatic N) is 1. The molecule has 1 heterocycles. The van der Waals surface area contributed by atoms with Gasteiger partial charge >= 0.3 is 5.97 Å². The van der Waals surface area contributed by atoms with Crippen molar-refractivity contribution in [3.8, 4) is 0 Å². The highest BCUT2D eigenvalue weighted by Crippen LogP contribution is 2.09. The van der Waals surface area contributed by atoms with Crippen molar-refractivity contribution in [3.05, 3.63) is 17.0 Å². The zero-order valence-corrected chi connectivity index (χ0v) is 10.9. The third kappa shape index (κ3) is 3.58. The number of hydrogen-bond acceptors (Lipinski definition) is 3. The average Bonchev–Trinajstić information content (AvgIpc) is 2.63. The summed E-state index contributed by atoms with van der Waals surface area (Å²) in [5.74, 6) is -1.34. The maximum Gasteiger partial charge on any atom is 0.306 e. The topological polar surface area (TPSA) is 95.1 Å². The molecule has 1 amide bonds. The molecule has 0 aliphatic heterocycles. The van der Waals surface area contributed by atoms with Gasteiger partial charge in [-0.05, 0) is 26.7 Å². The molecule has 1 rings (SSSR count). The maximum absolute atomic E-state index is 11.8. The van der Waals surface area contributed by atoms with E-state index in [0.717, 1.165) is 5.69 Å². The van der Waals surface area contributed by atoms with Gasteiger partial charge in [-0.25, -0.2) is 0 Å². The van der Waals surface area contributed by atoms with Crippen LogP contribution >= 0.6 is 0 Å². The first-order valence-corrected chi connectivity index (χ1v) is 5.96. The highest BCUT2D eigenvalue weighted by molar-refractivity contribution is 5.96. The summed E-state index contributed by atoms with van der Waals surface area (Å²) in [6.45, 7) is 5.70. The smallest absolute Gasteiger partial charge is 0.306 e. The fourth-order valence-electron chi connectivity index (χ4n) is 1.71. The van der Waals surface area contributed by atoms with E-state index in [1.54, 1.807) is 20.8 Å². The number of aromatic amines is 1. The van der Waals surface area contributed by atoms with E-state index in [0.29, 0.717) is 30.6 Å². The summed E-state index contributed by atoms with van der Waals surface area (Å²) in [7, 11) is 0. The van der Waals surface area contributed by atoms with Gasteiger partial charge in [-0.1, -0.05) is 6.92 Å². The molecule has 0 bridgehead atoms. The number of aliphatic carboxylic acids is 1. The molecule has 1 aromatic heterocycles. The second kappa shape index (κ2) is 6.18. The Morgan fingerprint density at radius 3 is 2.61 bits per heavy atom. The van der Waals surface area contributed by atoms with Crippen molar-refractivity contribution in [1.82, 2.24) is 15.5 Å². The molecule has 0 radical (unpaired) electrons. The number of carboxylic acid groups (broad SMARTS) is 1. The molecule has 6 nitrogen and oxygen atoms in total. The standard InChI is InChI=1S/C12H19N3O3/c1-7(12(17)18)5-4-6-13-11(16)10-8(2)14-15-9(10)3/h7H,4-6H2,1-3H3,(H,13,16)(H,14,15)(H,17,18). The minimum atomic E-state index is -0.803. The van der Waals surface area contributed by atoms with Crippen molar-refractivity contribution in [2.75, 3.05) is 6.54 Å². The normalized spacial score (nSPS) is 12.2. The second-order valence-electron chi connectivity index (χ2n) is 4.45. The van der Waals surface area contributed by atoms with Crippen molar-refractivity contribution < 1.29 is 14.7 Å². The highest BCUT2D eigenvalue weighted by Gasteiger charge is 2.15. The van der Waals surface area contributed by atoms with Gasteiger partial charge in [0.05, 0.1) is 17.2 Å². The number of amides is 1. The SMILES string of the molecule is Cc1n[nH]c(C)c1C(=O)NCCCC(C)C(=O)O. The van der Waals surface area contributed by atoms with Crippen LogP contribution in [0.3, 0.4) is 0 Å². The third-order valence-corrected chi connectivity index (χ3v) is 2.88. The van der Waals surface area contributed by atoms with E-state index in [-0.39, 0.29) is 11.8 Å². The van der Waals surface area contributed by atoms with Crippen LogP contribution in [0.25, 0.3) is 0 Å². The molecule has 6 heteroatoms. The monoisotopic (exact) mass is 253 g/mol. The lowest BCUT2D eigenvalue weighted by Crippen LogP contribution is -2.26. The van der Waals surface area contributed by atoms with Gasteiger partial charge < -0.3 is 10.4 Å². The summed E-state index contributed by atoms with van der Waals surface area (Å²) >= 11 is 0. The predicted octanol–water partition coefficient (Wildman–Crippen LogP) is 1.26. The van der Waals surface area contributed by atoms with E-state index in [9.17, 15) is 9.59 Å². The van der Waals surface area contributed by atoms with Gasteiger partial charge in [-0.3, -0.25) is 14.7 Å². The van der Waals surface area contributed by atoms with Crippen molar-refractivity contribution >= 4 is 11.9 Å². The molecule has 1 unspecified atom stereocenters. The fraction of sp³-hybridized carbons (Fsp3) is 0.583. The number of hydrogen-bond donors (Lipinski definition) is 3. The van der Waals surface area contributed by atoms with Gasteiger partial charge in [0, 0.05) is 12.2 Å². The van der Waals surface area contributed by atoms with Crippen molar-refractivity contribution in [2.45, 2.75) is 33.6 Å². The Bertz CT molecular complexity index is 420. The summed E-state index contributed by atoms with van der Waals surface area (Å²) in [5.41, 5.74) is 1.98. The van der Waals surface area contributed by atoms with Gasteiger partial charge in [0.2, 0.25) is 0 Å². The largest absolute Gasteiger partial charge is 0.481 e. The van der Waals surface area contributed by atoms with Crippen LogP contribution in [-0.2, 0) is 4.79 Å². The molecule has 0 saturated carbocycles. The Kier molecular flexibility index (Phi) is 4.88. The maximum atomic E-state index is 11.8. The molecule has 0 aliphatic carbocycles. The van der Waals surface area contributed by atoms with Crippen LogP contribution in [0.5, 0.6) is 0 Å². The van der Waals surface area contributed by atoms with Crippen LogP contribution in [0.4, 0.5) is 0 Å². The van der Waals surface area contributed by atoms with E-state index in [1.165, 1.54) is 0 Å². The minimum Gasteiger partial charge on any atom is -0.481 e. The van der Waals surface area contributed by atoms with Gasteiger partial charge in [-0.2, -0.15) is 5.10 Å². The molecule has 0 aliphatic rings. The summed E-state index contributed by atoms with van der Waals surface area (Å²) in [5, 5.41) is 18.2. The number of carbonyl (C=O) groups excluding carboxylic acids is 1. The fourth-order valence-corrected chi connectivity index (χ4v) is 1.71. The van der Waals surface area contributed by atoms with Crippen molar-refractivity contribution in [2.24, 2.45) is 5.92 Å². The zero-order chi connectivity index (χ0) is 13.7. The van der Waals surface area contributed by atoms with Gasteiger partial charge in [0.15, 0.2) is 0 Å². The molecular formula is C12H19N3O3. The molecule has 0 fully saturated rings. The molecule has 0 spiro atoms. The molecule has 0 saturated heterocycles. The first-order valence-electron chi connectivity index (χ1n) is 5.96. The minimum absolute atomic E-state index is 0.165. The molecule has 18 heavy (non-hydrogen) atoms. The number of aryl methyl sites for hydroxylation is 2. The lowest BCUT2D eigenvalue weighted by Gasteiger charge is -2.07. The van der Waals surface area contributed by atoms with Gasteiger partial charge in [0.1, 0.15) is 0 Å². The summed E-state index contributed by atoms with van der Waals surface area (Å²) < 4.78 is 0. The quantitative estimate of drug-likeness (QED) is 0.665. The van der Waals surface area contributed by atoms with Crippen LogP contribution < -0.4 is 5.32 Å². The lowest BCUT2D eigenvalue weighted by molar-refractivity contribution is -0.141. The molecule has 0 aromatic carbocycles. The Hall–Kier alpha value is -1.85.